The van der Waals surface area contributed by atoms with Gasteiger partial charge in [-0.2, -0.15) is 0 Å². The van der Waals surface area contributed by atoms with Crippen LogP contribution in [0.5, 0.6) is 0 Å². The Labute approximate surface area is 131 Å². The van der Waals surface area contributed by atoms with E-state index < -0.39 is 0 Å². The quantitative estimate of drug-likeness (QED) is 0.832. The van der Waals surface area contributed by atoms with Crippen LogP contribution in [0.4, 0.5) is 0 Å². The minimum absolute atomic E-state index is 0.00185. The number of hydrogen-bond acceptors (Lipinski definition) is 3. The summed E-state index contributed by atoms with van der Waals surface area (Å²) < 4.78 is 0. The first kappa shape index (κ1) is 16.5. The molecule has 5 nitrogen and oxygen atoms in total. The molecule has 22 heavy (non-hydrogen) atoms. The topological polar surface area (TPSA) is 60.9 Å². The Morgan fingerprint density at radius 1 is 1.36 bits per heavy atom. The van der Waals surface area contributed by atoms with Gasteiger partial charge in [0.2, 0.25) is 11.8 Å². The summed E-state index contributed by atoms with van der Waals surface area (Å²) in [5, 5.41) is 9.28. The largest absolute Gasteiger partial charge is 0.396 e. The van der Waals surface area contributed by atoms with Gasteiger partial charge in [0.25, 0.3) is 0 Å². The van der Waals surface area contributed by atoms with Gasteiger partial charge >= 0.3 is 0 Å². The molecule has 1 N–H and O–H groups in total. The number of hydrogen-bond donors (Lipinski definition) is 1. The third-order valence-corrected chi connectivity index (χ3v) is 4.21. The Morgan fingerprint density at radius 2 is 2.09 bits per heavy atom. The zero-order valence-electron chi connectivity index (χ0n) is 13.1. The van der Waals surface area contributed by atoms with Crippen molar-refractivity contribution in [3.8, 4) is 0 Å². The van der Waals surface area contributed by atoms with Crippen LogP contribution >= 0.6 is 0 Å². The summed E-state index contributed by atoms with van der Waals surface area (Å²) in [7, 11) is 1.77. The van der Waals surface area contributed by atoms with E-state index in [1.54, 1.807) is 16.8 Å². The molecule has 0 spiro atoms. The third kappa shape index (κ3) is 4.07. The lowest BCUT2D eigenvalue weighted by Gasteiger charge is -2.29. The zero-order chi connectivity index (χ0) is 15.9. The second kappa shape index (κ2) is 7.94. The first-order valence-corrected chi connectivity index (χ1v) is 7.82. The molecule has 1 heterocycles. The van der Waals surface area contributed by atoms with E-state index >= 15 is 0 Å². The summed E-state index contributed by atoms with van der Waals surface area (Å²) in [5.41, 5.74) is 1.02. The summed E-state index contributed by atoms with van der Waals surface area (Å²) in [6.45, 7) is 1.28. The lowest BCUT2D eigenvalue weighted by atomic mass is 10.0. The molecular weight excluding hydrogens is 280 g/mol. The monoisotopic (exact) mass is 304 g/mol. The molecule has 1 aromatic carbocycles. The first-order chi connectivity index (χ1) is 10.6. The van der Waals surface area contributed by atoms with Crippen molar-refractivity contribution < 1.29 is 14.7 Å². The number of aliphatic hydroxyl groups is 1. The highest BCUT2D eigenvalue weighted by atomic mass is 16.3. The van der Waals surface area contributed by atoms with Crippen molar-refractivity contribution in [1.29, 1.82) is 0 Å². The minimum Gasteiger partial charge on any atom is -0.396 e. The van der Waals surface area contributed by atoms with E-state index in [1.807, 2.05) is 30.3 Å². The average molecular weight is 304 g/mol. The SMILES string of the molecule is CN(C(=O)CCN1CCCC1=O)C(CCO)c1ccccc1. The summed E-state index contributed by atoms with van der Waals surface area (Å²) in [4.78, 5) is 27.4. The van der Waals surface area contributed by atoms with Gasteiger partial charge < -0.3 is 14.9 Å². The fourth-order valence-corrected chi connectivity index (χ4v) is 2.90. The Balaban J connectivity index is 1.95. The molecule has 0 aliphatic carbocycles. The van der Waals surface area contributed by atoms with Gasteiger partial charge in [-0.3, -0.25) is 9.59 Å². The summed E-state index contributed by atoms with van der Waals surface area (Å²) in [6.07, 6.45) is 2.33. The minimum atomic E-state index is -0.132. The Kier molecular flexibility index (Phi) is 5.95. The van der Waals surface area contributed by atoms with Crippen LogP contribution in [0.15, 0.2) is 30.3 Å². The first-order valence-electron chi connectivity index (χ1n) is 7.82. The highest BCUT2D eigenvalue weighted by Crippen LogP contribution is 2.23. The molecule has 1 unspecified atom stereocenters. The van der Waals surface area contributed by atoms with Crippen LogP contribution in [0.1, 0.15) is 37.3 Å². The maximum atomic E-state index is 12.4. The lowest BCUT2D eigenvalue weighted by Crippen LogP contribution is -2.35. The maximum Gasteiger partial charge on any atom is 0.224 e. The van der Waals surface area contributed by atoms with E-state index in [0.29, 0.717) is 25.8 Å². The number of likely N-dealkylation sites (tertiary alicyclic amines) is 1. The smallest absolute Gasteiger partial charge is 0.224 e. The fraction of sp³-hybridized carbons (Fsp3) is 0.529. The molecular formula is C17H24N2O3. The number of aliphatic hydroxyl groups excluding tert-OH is 1. The van der Waals surface area contributed by atoms with Crippen LogP contribution < -0.4 is 0 Å². The van der Waals surface area contributed by atoms with Gasteiger partial charge in [-0.25, -0.2) is 0 Å². The van der Waals surface area contributed by atoms with Crippen molar-refractivity contribution in [3.05, 3.63) is 35.9 Å². The number of amides is 2. The molecule has 1 aromatic rings. The van der Waals surface area contributed by atoms with Crippen molar-refractivity contribution in [2.75, 3.05) is 26.7 Å². The molecule has 0 saturated carbocycles. The molecule has 2 amide bonds. The van der Waals surface area contributed by atoms with Crippen LogP contribution in [0.25, 0.3) is 0 Å². The standard InChI is InChI=1S/C17H24N2O3/c1-18(15(10-13-20)14-6-3-2-4-7-14)16(21)9-12-19-11-5-8-17(19)22/h2-4,6-7,15,20H,5,8-13H2,1H3. The van der Waals surface area contributed by atoms with Crippen molar-refractivity contribution in [2.24, 2.45) is 0 Å². The van der Waals surface area contributed by atoms with E-state index in [0.717, 1.165) is 18.5 Å². The lowest BCUT2D eigenvalue weighted by molar-refractivity contribution is -0.133. The van der Waals surface area contributed by atoms with Gasteiger partial charge in [0, 0.05) is 39.6 Å². The second-order valence-electron chi connectivity index (χ2n) is 5.68. The Hall–Kier alpha value is -1.88. The Morgan fingerprint density at radius 3 is 2.68 bits per heavy atom. The van der Waals surface area contributed by atoms with Crippen LogP contribution in [0.3, 0.4) is 0 Å². The van der Waals surface area contributed by atoms with Gasteiger partial charge in [-0.05, 0) is 18.4 Å². The van der Waals surface area contributed by atoms with Crippen LogP contribution in [0, 0.1) is 0 Å². The van der Waals surface area contributed by atoms with Crippen molar-refractivity contribution in [1.82, 2.24) is 9.80 Å². The summed E-state index contributed by atoms with van der Waals surface area (Å²) >= 11 is 0. The third-order valence-electron chi connectivity index (χ3n) is 4.21. The predicted molar refractivity (Wildman–Crippen MR) is 84.1 cm³/mol. The number of nitrogens with zero attached hydrogens (tertiary/aromatic N) is 2. The summed E-state index contributed by atoms with van der Waals surface area (Å²) in [6, 6.07) is 9.60. The summed E-state index contributed by atoms with van der Waals surface area (Å²) in [5.74, 6) is 0.146. The molecule has 1 aliphatic heterocycles. The molecule has 0 aromatic heterocycles. The molecule has 0 radical (unpaired) electrons. The van der Waals surface area contributed by atoms with E-state index in [-0.39, 0.29) is 24.5 Å². The molecule has 1 fully saturated rings. The van der Waals surface area contributed by atoms with Crippen molar-refractivity contribution in [2.45, 2.75) is 31.7 Å². The average Bonchev–Trinajstić information content (AvgIpc) is 2.95. The van der Waals surface area contributed by atoms with E-state index in [9.17, 15) is 14.7 Å². The molecule has 1 atom stereocenters. The molecule has 2 rings (SSSR count). The fourth-order valence-electron chi connectivity index (χ4n) is 2.90. The van der Waals surface area contributed by atoms with Crippen molar-refractivity contribution in [3.63, 3.8) is 0 Å². The molecule has 1 aliphatic rings. The van der Waals surface area contributed by atoms with E-state index in [1.165, 1.54) is 0 Å². The van der Waals surface area contributed by atoms with Crippen LogP contribution in [-0.2, 0) is 9.59 Å². The van der Waals surface area contributed by atoms with Gasteiger partial charge in [-0.1, -0.05) is 30.3 Å². The van der Waals surface area contributed by atoms with E-state index in [4.69, 9.17) is 0 Å². The van der Waals surface area contributed by atoms with Gasteiger partial charge in [0.15, 0.2) is 0 Å². The second-order valence-corrected chi connectivity index (χ2v) is 5.68. The van der Waals surface area contributed by atoms with Crippen molar-refractivity contribution >= 4 is 11.8 Å². The highest BCUT2D eigenvalue weighted by molar-refractivity contribution is 5.80. The number of benzene rings is 1. The van der Waals surface area contributed by atoms with Gasteiger partial charge in [-0.15, -0.1) is 0 Å². The van der Waals surface area contributed by atoms with Crippen LogP contribution in [0.2, 0.25) is 0 Å². The van der Waals surface area contributed by atoms with E-state index in [2.05, 4.69) is 0 Å². The number of rotatable bonds is 7. The molecule has 120 valence electrons. The Bertz CT molecular complexity index is 504. The van der Waals surface area contributed by atoms with Crippen LogP contribution in [-0.4, -0.2) is 53.5 Å². The molecule has 1 saturated heterocycles. The normalized spacial score (nSPS) is 15.9. The van der Waals surface area contributed by atoms with Gasteiger partial charge in [0.1, 0.15) is 0 Å². The molecule has 0 bridgehead atoms. The number of carbonyl (C=O) groups is 2. The highest BCUT2D eigenvalue weighted by Gasteiger charge is 2.24. The van der Waals surface area contributed by atoms with Gasteiger partial charge in [0.05, 0.1) is 6.04 Å². The molecule has 5 heteroatoms. The maximum absolute atomic E-state index is 12.4. The number of carbonyl (C=O) groups excluding carboxylic acids is 2. The zero-order valence-corrected chi connectivity index (χ0v) is 13.1. The predicted octanol–water partition coefficient (Wildman–Crippen LogP) is 1.58.